The van der Waals surface area contributed by atoms with Gasteiger partial charge in [0.15, 0.2) is 0 Å². The van der Waals surface area contributed by atoms with Crippen LogP contribution in [0.1, 0.15) is 32.0 Å². The highest BCUT2D eigenvalue weighted by atomic mass is 16.3. The van der Waals surface area contributed by atoms with Gasteiger partial charge in [-0.2, -0.15) is 0 Å². The number of hydrogen-bond donors (Lipinski definition) is 1. The summed E-state index contributed by atoms with van der Waals surface area (Å²) in [6.45, 7) is 5.22. The molecule has 0 aliphatic heterocycles. The summed E-state index contributed by atoms with van der Waals surface area (Å²) in [4.78, 5) is 7.07. The summed E-state index contributed by atoms with van der Waals surface area (Å²) in [5, 5.41) is 9.08. The summed E-state index contributed by atoms with van der Waals surface area (Å²) in [5.41, 5.74) is 2.21. The Morgan fingerprint density at radius 3 is 2.80 bits per heavy atom. The molecule has 0 aliphatic rings. The van der Waals surface area contributed by atoms with E-state index >= 15 is 0 Å². The second-order valence-electron chi connectivity index (χ2n) is 5.34. The quantitative estimate of drug-likeness (QED) is 0.805. The monoisotopic (exact) mass is 275 g/mol. The lowest BCUT2D eigenvalue weighted by atomic mass is 10.3. The van der Waals surface area contributed by atoms with Crippen molar-refractivity contribution in [2.45, 2.75) is 39.3 Å². The van der Waals surface area contributed by atoms with E-state index in [1.165, 1.54) is 18.4 Å². The molecule has 0 radical (unpaired) electrons. The number of hydrogen-bond acceptors (Lipinski definition) is 3. The molecule has 4 heteroatoms. The van der Waals surface area contributed by atoms with Gasteiger partial charge in [-0.05, 0) is 38.6 Å². The molecule has 1 N–H and O–H groups in total. The van der Waals surface area contributed by atoms with Crippen LogP contribution < -0.4 is 0 Å². The smallest absolute Gasteiger partial charge is 0.124 e. The average molecular weight is 275 g/mol. The van der Waals surface area contributed by atoms with Gasteiger partial charge in [0.25, 0.3) is 0 Å². The topological polar surface area (TPSA) is 41.3 Å². The lowest BCUT2D eigenvalue weighted by Gasteiger charge is -2.17. The van der Waals surface area contributed by atoms with E-state index in [1.54, 1.807) is 0 Å². The molecule has 0 spiro atoms. The second-order valence-corrected chi connectivity index (χ2v) is 5.34. The molecule has 0 saturated carbocycles. The number of benzene rings is 1. The first-order valence-electron chi connectivity index (χ1n) is 7.49. The minimum absolute atomic E-state index is 0.220. The molecule has 0 saturated heterocycles. The van der Waals surface area contributed by atoms with Gasteiger partial charge in [0.2, 0.25) is 0 Å². The molecule has 1 aromatic carbocycles. The summed E-state index contributed by atoms with van der Waals surface area (Å²) in [6, 6.07) is 8.23. The highest BCUT2D eigenvalue weighted by Gasteiger charge is 2.11. The van der Waals surface area contributed by atoms with Gasteiger partial charge < -0.3 is 9.67 Å². The molecule has 0 aliphatic carbocycles. The molecule has 1 aromatic heterocycles. The van der Waals surface area contributed by atoms with E-state index in [-0.39, 0.29) is 6.61 Å². The molecule has 2 rings (SSSR count). The normalized spacial score (nSPS) is 11.6. The number of para-hydroxylation sites is 2. The molecule has 0 atom stereocenters. The minimum atomic E-state index is 0.220. The number of fused-ring (bicyclic) bond motifs is 1. The Hall–Kier alpha value is -1.39. The maximum Gasteiger partial charge on any atom is 0.124 e. The van der Waals surface area contributed by atoms with Gasteiger partial charge in [0, 0.05) is 13.2 Å². The molecule has 110 valence electrons. The van der Waals surface area contributed by atoms with Gasteiger partial charge in [0.05, 0.1) is 17.6 Å². The van der Waals surface area contributed by atoms with E-state index in [0.717, 1.165) is 37.4 Å². The molecule has 2 aromatic rings. The molecule has 0 fully saturated rings. The summed E-state index contributed by atoms with van der Waals surface area (Å²) < 4.78 is 2.24. The Balaban J connectivity index is 2.21. The summed E-state index contributed by atoms with van der Waals surface area (Å²) in [5.74, 6) is 1.10. The fourth-order valence-corrected chi connectivity index (χ4v) is 2.47. The molecule has 0 amide bonds. The largest absolute Gasteiger partial charge is 0.396 e. The zero-order valence-electron chi connectivity index (χ0n) is 12.5. The van der Waals surface area contributed by atoms with Crippen LogP contribution in [-0.4, -0.2) is 39.8 Å². The highest BCUT2D eigenvalue weighted by molar-refractivity contribution is 5.75. The number of imidazole rings is 1. The van der Waals surface area contributed by atoms with Crippen molar-refractivity contribution in [3.63, 3.8) is 0 Å². The van der Waals surface area contributed by atoms with Gasteiger partial charge in [-0.25, -0.2) is 4.98 Å². The number of aromatic nitrogens is 2. The van der Waals surface area contributed by atoms with Gasteiger partial charge in [-0.3, -0.25) is 4.90 Å². The zero-order chi connectivity index (χ0) is 14.4. The first-order valence-corrected chi connectivity index (χ1v) is 7.49. The third-order valence-electron chi connectivity index (χ3n) is 3.58. The zero-order valence-corrected chi connectivity index (χ0v) is 12.5. The van der Waals surface area contributed by atoms with Crippen LogP contribution in [0.5, 0.6) is 0 Å². The first-order chi connectivity index (χ1) is 9.76. The lowest BCUT2D eigenvalue weighted by Crippen LogP contribution is -2.21. The van der Waals surface area contributed by atoms with Crippen LogP contribution in [0.2, 0.25) is 0 Å². The number of rotatable bonds is 8. The van der Waals surface area contributed by atoms with Crippen molar-refractivity contribution < 1.29 is 5.11 Å². The van der Waals surface area contributed by atoms with Crippen LogP contribution in [0.4, 0.5) is 0 Å². The molecule has 4 nitrogen and oxygen atoms in total. The van der Waals surface area contributed by atoms with Crippen LogP contribution in [0.3, 0.4) is 0 Å². The SMILES string of the molecule is CCCCN(C)Cc1nc2ccccc2n1CCCO. The third kappa shape index (κ3) is 3.58. The highest BCUT2D eigenvalue weighted by Crippen LogP contribution is 2.17. The maximum absolute atomic E-state index is 9.08. The van der Waals surface area contributed by atoms with E-state index in [0.29, 0.717) is 0 Å². The van der Waals surface area contributed by atoms with Gasteiger partial charge >= 0.3 is 0 Å². The number of aliphatic hydroxyl groups is 1. The molecule has 1 heterocycles. The average Bonchev–Trinajstić information content (AvgIpc) is 2.80. The van der Waals surface area contributed by atoms with E-state index in [4.69, 9.17) is 10.1 Å². The Morgan fingerprint density at radius 2 is 2.05 bits per heavy atom. The predicted molar refractivity (Wildman–Crippen MR) is 82.7 cm³/mol. The van der Waals surface area contributed by atoms with Crippen LogP contribution >= 0.6 is 0 Å². The van der Waals surface area contributed by atoms with Crippen molar-refractivity contribution in [1.29, 1.82) is 0 Å². The Bertz CT molecular complexity index is 536. The van der Waals surface area contributed by atoms with Crippen molar-refractivity contribution in [2.75, 3.05) is 20.2 Å². The van der Waals surface area contributed by atoms with Crippen LogP contribution in [0, 0.1) is 0 Å². The summed E-state index contributed by atoms with van der Waals surface area (Å²) in [7, 11) is 2.14. The van der Waals surface area contributed by atoms with Gasteiger partial charge in [0.1, 0.15) is 5.82 Å². The van der Waals surface area contributed by atoms with Crippen molar-refractivity contribution in [1.82, 2.24) is 14.5 Å². The first kappa shape index (κ1) is 15.0. The van der Waals surface area contributed by atoms with Crippen LogP contribution in [0.25, 0.3) is 11.0 Å². The molecular formula is C16H25N3O. The van der Waals surface area contributed by atoms with Gasteiger partial charge in [-0.15, -0.1) is 0 Å². The Labute approximate surface area is 121 Å². The van der Waals surface area contributed by atoms with Crippen molar-refractivity contribution in [3.8, 4) is 0 Å². The molecule has 0 unspecified atom stereocenters. The molecular weight excluding hydrogens is 250 g/mol. The number of aliphatic hydroxyl groups excluding tert-OH is 1. The van der Waals surface area contributed by atoms with E-state index in [9.17, 15) is 0 Å². The Kier molecular flexibility index (Phi) is 5.56. The van der Waals surface area contributed by atoms with Crippen molar-refractivity contribution >= 4 is 11.0 Å². The number of unbranched alkanes of at least 4 members (excludes halogenated alkanes) is 1. The third-order valence-corrected chi connectivity index (χ3v) is 3.58. The minimum Gasteiger partial charge on any atom is -0.396 e. The fraction of sp³-hybridized carbons (Fsp3) is 0.562. The summed E-state index contributed by atoms with van der Waals surface area (Å²) >= 11 is 0. The fourth-order valence-electron chi connectivity index (χ4n) is 2.47. The van der Waals surface area contributed by atoms with E-state index in [2.05, 4.69) is 35.6 Å². The lowest BCUT2D eigenvalue weighted by molar-refractivity contribution is 0.275. The van der Waals surface area contributed by atoms with E-state index < -0.39 is 0 Å². The Morgan fingerprint density at radius 1 is 1.25 bits per heavy atom. The van der Waals surface area contributed by atoms with Gasteiger partial charge in [-0.1, -0.05) is 25.5 Å². The molecule has 20 heavy (non-hydrogen) atoms. The number of aryl methyl sites for hydroxylation is 1. The predicted octanol–water partition coefficient (Wildman–Crippen LogP) is 2.65. The summed E-state index contributed by atoms with van der Waals surface area (Å²) in [6.07, 6.45) is 3.20. The maximum atomic E-state index is 9.08. The van der Waals surface area contributed by atoms with Crippen LogP contribution in [0.15, 0.2) is 24.3 Å². The van der Waals surface area contributed by atoms with E-state index in [1.807, 2.05) is 12.1 Å². The van der Waals surface area contributed by atoms with Crippen molar-refractivity contribution in [3.05, 3.63) is 30.1 Å². The van der Waals surface area contributed by atoms with Crippen LogP contribution in [-0.2, 0) is 13.1 Å². The standard InChI is InChI=1S/C16H25N3O/c1-3-4-10-18(2)13-16-17-14-8-5-6-9-15(14)19(16)11-7-12-20/h5-6,8-9,20H,3-4,7,10-13H2,1-2H3. The van der Waals surface area contributed by atoms with Crippen molar-refractivity contribution in [2.24, 2.45) is 0 Å². The number of nitrogens with zero attached hydrogens (tertiary/aromatic N) is 3. The molecule has 0 bridgehead atoms. The second kappa shape index (κ2) is 7.41.